The predicted octanol–water partition coefficient (Wildman–Crippen LogP) is 4.29. The van der Waals surface area contributed by atoms with E-state index in [2.05, 4.69) is 0 Å². The molecule has 0 radical (unpaired) electrons. The molecule has 0 aliphatic rings. The van der Waals surface area contributed by atoms with Gasteiger partial charge in [-0.05, 0) is 29.3 Å². The van der Waals surface area contributed by atoms with Crippen LogP contribution in [0.1, 0.15) is 17.0 Å². The number of benzene rings is 2. The molecule has 0 aromatic heterocycles. The molecule has 0 saturated heterocycles. The van der Waals surface area contributed by atoms with Crippen LogP contribution in [0.2, 0.25) is 0 Å². The lowest BCUT2D eigenvalue weighted by atomic mass is 9.93. The van der Waals surface area contributed by atoms with Gasteiger partial charge in [-0.2, -0.15) is 0 Å². The maximum atomic E-state index is 14.6. The van der Waals surface area contributed by atoms with E-state index in [0.717, 1.165) is 23.8 Å². The molecule has 0 spiro atoms. The molecule has 2 rings (SSSR count). The van der Waals surface area contributed by atoms with Crippen LogP contribution < -0.4 is 0 Å². The second-order valence-electron chi connectivity index (χ2n) is 6.90. The van der Waals surface area contributed by atoms with Gasteiger partial charge in [0.1, 0.15) is 11.6 Å². The smallest absolute Gasteiger partial charge is 0.319 e. The molecule has 0 aliphatic carbocycles. The van der Waals surface area contributed by atoms with E-state index in [1.807, 2.05) is 30.3 Å². The Bertz CT molecular complexity index is 880. The standard InChI is InChI=1S/C23H26F2N2O2/c1-26(2)23(29)27(3)16-19(21-15-20(24)11-12-22(21)25)14-18(10-7-13-28)17-8-5-4-6-9-17/h4-12,14-15,18,28H,13,16H2,1-3H3/b10-7+,19-14+. The van der Waals surface area contributed by atoms with Gasteiger partial charge in [0, 0.05) is 39.2 Å². The van der Waals surface area contributed by atoms with E-state index < -0.39 is 11.6 Å². The molecule has 1 unspecified atom stereocenters. The Morgan fingerprint density at radius 3 is 2.41 bits per heavy atom. The average Bonchev–Trinajstić information content (AvgIpc) is 2.71. The van der Waals surface area contributed by atoms with E-state index in [1.165, 1.54) is 9.80 Å². The Kier molecular flexibility index (Phi) is 8.09. The second kappa shape index (κ2) is 10.5. The van der Waals surface area contributed by atoms with Crippen molar-refractivity contribution < 1.29 is 18.7 Å². The topological polar surface area (TPSA) is 43.8 Å². The lowest BCUT2D eigenvalue weighted by molar-refractivity contribution is 0.187. The molecule has 2 aromatic carbocycles. The van der Waals surface area contributed by atoms with E-state index in [-0.39, 0.29) is 30.7 Å². The number of allylic oxidation sites excluding steroid dienone is 2. The van der Waals surface area contributed by atoms with Crippen LogP contribution in [0.25, 0.3) is 5.57 Å². The Balaban J connectivity index is 2.55. The SMILES string of the molecule is CN(C)C(=O)N(C)C/C(=C\C(/C=C/CO)c1ccccc1)c1cc(F)ccc1F. The molecule has 6 heteroatoms. The van der Waals surface area contributed by atoms with Crippen molar-refractivity contribution in [2.45, 2.75) is 5.92 Å². The molecule has 4 nitrogen and oxygen atoms in total. The molecule has 0 saturated carbocycles. The van der Waals surface area contributed by atoms with Crippen LogP contribution >= 0.6 is 0 Å². The van der Waals surface area contributed by atoms with Crippen molar-refractivity contribution in [3.05, 3.63) is 89.5 Å². The average molecular weight is 400 g/mol. The van der Waals surface area contributed by atoms with Crippen LogP contribution in [-0.4, -0.2) is 55.2 Å². The molecular formula is C23H26F2N2O2. The molecule has 0 fully saturated rings. The van der Waals surface area contributed by atoms with E-state index >= 15 is 0 Å². The number of nitrogens with zero attached hydrogens (tertiary/aromatic N) is 2. The fraction of sp³-hybridized carbons (Fsp3) is 0.261. The minimum absolute atomic E-state index is 0.0910. The van der Waals surface area contributed by atoms with Crippen molar-refractivity contribution in [2.75, 3.05) is 34.3 Å². The summed E-state index contributed by atoms with van der Waals surface area (Å²) in [7, 11) is 4.86. The molecule has 1 atom stereocenters. The van der Waals surface area contributed by atoms with Gasteiger partial charge in [0.15, 0.2) is 0 Å². The van der Waals surface area contributed by atoms with E-state index in [4.69, 9.17) is 0 Å². The first-order valence-corrected chi connectivity index (χ1v) is 9.24. The molecule has 1 N–H and O–H groups in total. The van der Waals surface area contributed by atoms with Crippen molar-refractivity contribution >= 4 is 11.6 Å². The van der Waals surface area contributed by atoms with Gasteiger partial charge in [0.2, 0.25) is 0 Å². The second-order valence-corrected chi connectivity index (χ2v) is 6.90. The summed E-state index contributed by atoms with van der Waals surface area (Å²) in [5.74, 6) is -1.42. The zero-order chi connectivity index (χ0) is 21.4. The van der Waals surface area contributed by atoms with Crippen molar-refractivity contribution in [3.8, 4) is 0 Å². The molecular weight excluding hydrogens is 374 g/mol. The largest absolute Gasteiger partial charge is 0.392 e. The summed E-state index contributed by atoms with van der Waals surface area (Å²) < 4.78 is 28.4. The van der Waals surface area contributed by atoms with E-state index in [0.29, 0.717) is 5.57 Å². The van der Waals surface area contributed by atoms with Gasteiger partial charge in [0.25, 0.3) is 0 Å². The fourth-order valence-corrected chi connectivity index (χ4v) is 3.00. The highest BCUT2D eigenvalue weighted by Gasteiger charge is 2.18. The minimum Gasteiger partial charge on any atom is -0.392 e. The van der Waals surface area contributed by atoms with Crippen molar-refractivity contribution in [3.63, 3.8) is 0 Å². The lowest BCUT2D eigenvalue weighted by Crippen LogP contribution is -2.37. The Labute approximate surface area is 170 Å². The third-order valence-corrected chi connectivity index (χ3v) is 4.41. The van der Waals surface area contributed by atoms with Crippen molar-refractivity contribution in [2.24, 2.45) is 0 Å². The normalized spacial score (nSPS) is 12.8. The van der Waals surface area contributed by atoms with Crippen LogP contribution in [0, 0.1) is 11.6 Å². The molecule has 29 heavy (non-hydrogen) atoms. The molecule has 0 aliphatic heterocycles. The molecule has 0 heterocycles. The summed E-state index contributed by atoms with van der Waals surface area (Å²) >= 11 is 0. The highest BCUT2D eigenvalue weighted by Crippen LogP contribution is 2.27. The number of urea groups is 1. The highest BCUT2D eigenvalue weighted by molar-refractivity contribution is 5.78. The number of rotatable bonds is 7. The van der Waals surface area contributed by atoms with Crippen molar-refractivity contribution in [1.29, 1.82) is 0 Å². The van der Waals surface area contributed by atoms with E-state index in [1.54, 1.807) is 39.4 Å². The van der Waals surface area contributed by atoms with Crippen molar-refractivity contribution in [1.82, 2.24) is 9.80 Å². The Morgan fingerprint density at radius 1 is 1.10 bits per heavy atom. The lowest BCUT2D eigenvalue weighted by Gasteiger charge is -2.24. The molecule has 2 aromatic rings. The zero-order valence-electron chi connectivity index (χ0n) is 16.8. The number of aliphatic hydroxyl groups is 1. The molecule has 0 bridgehead atoms. The number of likely N-dealkylation sites (N-methyl/N-ethyl adjacent to an activating group) is 1. The molecule has 2 amide bonds. The molecule has 154 valence electrons. The fourth-order valence-electron chi connectivity index (χ4n) is 3.00. The number of halogens is 2. The monoisotopic (exact) mass is 400 g/mol. The Morgan fingerprint density at radius 2 is 1.79 bits per heavy atom. The summed E-state index contributed by atoms with van der Waals surface area (Å²) in [6.07, 6.45) is 5.18. The van der Waals surface area contributed by atoms with Gasteiger partial charge in [0.05, 0.1) is 6.61 Å². The maximum Gasteiger partial charge on any atom is 0.319 e. The maximum absolute atomic E-state index is 14.6. The number of aliphatic hydroxyl groups excluding tert-OH is 1. The summed E-state index contributed by atoms with van der Waals surface area (Å²) in [6, 6.07) is 12.5. The highest BCUT2D eigenvalue weighted by atomic mass is 19.1. The predicted molar refractivity (Wildman–Crippen MR) is 111 cm³/mol. The number of carbonyl (C=O) groups is 1. The third kappa shape index (κ3) is 6.26. The number of hydrogen-bond donors (Lipinski definition) is 1. The number of hydrogen-bond acceptors (Lipinski definition) is 2. The number of amides is 2. The van der Waals surface area contributed by atoms with Crippen LogP contribution in [0.5, 0.6) is 0 Å². The summed E-state index contributed by atoms with van der Waals surface area (Å²) in [5.41, 5.74) is 1.49. The first-order chi connectivity index (χ1) is 13.8. The van der Waals surface area contributed by atoms with Gasteiger partial charge in [-0.25, -0.2) is 13.6 Å². The Hall–Kier alpha value is -2.99. The van der Waals surface area contributed by atoms with Crippen LogP contribution in [-0.2, 0) is 0 Å². The van der Waals surface area contributed by atoms with Crippen LogP contribution in [0.3, 0.4) is 0 Å². The van der Waals surface area contributed by atoms with Crippen LogP contribution in [0.15, 0.2) is 66.8 Å². The zero-order valence-corrected chi connectivity index (χ0v) is 16.8. The minimum atomic E-state index is -0.568. The first kappa shape index (κ1) is 22.3. The number of carbonyl (C=O) groups excluding carboxylic acids is 1. The quantitative estimate of drug-likeness (QED) is 0.705. The van der Waals surface area contributed by atoms with Gasteiger partial charge in [-0.3, -0.25) is 0 Å². The summed E-state index contributed by atoms with van der Waals surface area (Å²) in [5, 5.41) is 9.20. The third-order valence-electron chi connectivity index (χ3n) is 4.41. The summed E-state index contributed by atoms with van der Waals surface area (Å²) in [6.45, 7) is -0.0481. The van der Waals surface area contributed by atoms with Gasteiger partial charge in [-0.1, -0.05) is 48.6 Å². The van der Waals surface area contributed by atoms with Gasteiger partial charge in [-0.15, -0.1) is 0 Å². The first-order valence-electron chi connectivity index (χ1n) is 9.24. The van der Waals surface area contributed by atoms with Gasteiger partial charge < -0.3 is 14.9 Å². The van der Waals surface area contributed by atoms with Gasteiger partial charge >= 0.3 is 6.03 Å². The van der Waals surface area contributed by atoms with Crippen LogP contribution in [0.4, 0.5) is 13.6 Å². The summed E-state index contributed by atoms with van der Waals surface area (Å²) in [4.78, 5) is 15.2. The van der Waals surface area contributed by atoms with E-state index in [9.17, 15) is 18.7 Å².